The number of hydrogen-bond acceptors (Lipinski definition) is 3. The Labute approximate surface area is 120 Å². The van der Waals surface area contributed by atoms with Gasteiger partial charge in [-0.1, -0.05) is 30.3 Å². The second-order valence-corrected chi connectivity index (χ2v) is 4.60. The van der Waals surface area contributed by atoms with E-state index < -0.39 is 11.7 Å². The van der Waals surface area contributed by atoms with Crippen LogP contribution in [0.1, 0.15) is 10.4 Å². The Hall–Kier alpha value is -2.95. The second-order valence-electron chi connectivity index (χ2n) is 4.60. The summed E-state index contributed by atoms with van der Waals surface area (Å²) in [6, 6.07) is 14.4. The molecule has 0 bridgehead atoms. The summed E-state index contributed by atoms with van der Waals surface area (Å²) in [4.78, 5) is 15.8. The number of pyridine rings is 1. The zero-order valence-corrected chi connectivity index (χ0v) is 11.0. The fourth-order valence-corrected chi connectivity index (χ4v) is 2.10. The lowest BCUT2D eigenvalue weighted by Gasteiger charge is -2.08. The third-order valence-electron chi connectivity index (χ3n) is 3.14. The van der Waals surface area contributed by atoms with Crippen LogP contribution in [0.3, 0.4) is 0 Å². The number of amides is 1. The summed E-state index contributed by atoms with van der Waals surface area (Å²) in [6.07, 6.45) is 0.974. The van der Waals surface area contributed by atoms with Crippen molar-refractivity contribution in [1.29, 1.82) is 0 Å². The lowest BCUT2D eigenvalue weighted by Crippen LogP contribution is -2.15. The zero-order valence-electron chi connectivity index (χ0n) is 11.0. The quantitative estimate of drug-likeness (QED) is 0.758. The van der Waals surface area contributed by atoms with Gasteiger partial charge in [-0.15, -0.1) is 0 Å². The Balaban J connectivity index is 1.90. The standard InChI is InChI=1S/C16H12FN3O/c17-12-8-14(15(18)19-9-12)16(21)20-13-6-5-10-3-1-2-4-11(10)7-13/h1-9H,(H2,18,19)(H,20,21). The molecule has 3 rings (SSSR count). The molecule has 0 fully saturated rings. The molecule has 0 aliphatic heterocycles. The van der Waals surface area contributed by atoms with Crippen molar-refractivity contribution in [2.45, 2.75) is 0 Å². The van der Waals surface area contributed by atoms with Gasteiger partial charge in [0.05, 0.1) is 11.8 Å². The summed E-state index contributed by atoms with van der Waals surface area (Å²) in [6.45, 7) is 0. The number of nitrogens with zero attached hydrogens (tertiary/aromatic N) is 1. The number of rotatable bonds is 2. The van der Waals surface area contributed by atoms with Gasteiger partial charge in [0.15, 0.2) is 0 Å². The lowest BCUT2D eigenvalue weighted by atomic mass is 10.1. The van der Waals surface area contributed by atoms with E-state index in [0.717, 1.165) is 23.0 Å². The minimum absolute atomic E-state index is 0.00492. The normalized spacial score (nSPS) is 10.5. The van der Waals surface area contributed by atoms with Crippen molar-refractivity contribution in [2.24, 2.45) is 0 Å². The minimum Gasteiger partial charge on any atom is -0.383 e. The second kappa shape index (κ2) is 5.20. The van der Waals surface area contributed by atoms with E-state index in [1.54, 1.807) is 6.07 Å². The van der Waals surface area contributed by atoms with E-state index in [0.29, 0.717) is 5.69 Å². The first-order chi connectivity index (χ1) is 10.1. The molecule has 0 aliphatic carbocycles. The Morgan fingerprint density at radius 3 is 2.67 bits per heavy atom. The van der Waals surface area contributed by atoms with Crippen LogP contribution >= 0.6 is 0 Å². The predicted octanol–water partition coefficient (Wildman–Crippen LogP) is 3.21. The third kappa shape index (κ3) is 2.67. The van der Waals surface area contributed by atoms with E-state index >= 15 is 0 Å². The van der Waals surface area contributed by atoms with E-state index in [-0.39, 0.29) is 11.4 Å². The van der Waals surface area contributed by atoms with Crippen molar-refractivity contribution in [2.75, 3.05) is 11.1 Å². The summed E-state index contributed by atoms with van der Waals surface area (Å²) in [5.74, 6) is -1.10. The first-order valence-corrected chi connectivity index (χ1v) is 6.34. The molecule has 0 spiro atoms. The molecule has 0 unspecified atom stereocenters. The zero-order chi connectivity index (χ0) is 14.8. The largest absolute Gasteiger partial charge is 0.383 e. The van der Waals surface area contributed by atoms with Crippen molar-refractivity contribution in [3.8, 4) is 0 Å². The van der Waals surface area contributed by atoms with Crippen molar-refractivity contribution >= 4 is 28.2 Å². The number of aromatic nitrogens is 1. The highest BCUT2D eigenvalue weighted by Crippen LogP contribution is 2.20. The number of halogens is 1. The molecule has 0 saturated heterocycles. The maximum absolute atomic E-state index is 13.2. The third-order valence-corrected chi connectivity index (χ3v) is 3.14. The number of anilines is 2. The van der Waals surface area contributed by atoms with E-state index in [2.05, 4.69) is 10.3 Å². The van der Waals surface area contributed by atoms with Gasteiger partial charge < -0.3 is 11.1 Å². The Morgan fingerprint density at radius 2 is 1.86 bits per heavy atom. The molecule has 2 aromatic carbocycles. The van der Waals surface area contributed by atoms with Gasteiger partial charge in [-0.25, -0.2) is 9.37 Å². The maximum Gasteiger partial charge on any atom is 0.259 e. The van der Waals surface area contributed by atoms with Gasteiger partial charge in [-0.3, -0.25) is 4.79 Å². The smallest absolute Gasteiger partial charge is 0.259 e. The van der Waals surface area contributed by atoms with Crippen LogP contribution < -0.4 is 11.1 Å². The van der Waals surface area contributed by atoms with Crippen LogP contribution in [0.2, 0.25) is 0 Å². The predicted molar refractivity (Wildman–Crippen MR) is 80.5 cm³/mol. The molecule has 3 N–H and O–H groups in total. The molecule has 1 heterocycles. The van der Waals surface area contributed by atoms with Gasteiger partial charge >= 0.3 is 0 Å². The van der Waals surface area contributed by atoms with Gasteiger partial charge in [-0.2, -0.15) is 0 Å². The van der Waals surface area contributed by atoms with Crippen LogP contribution in [-0.4, -0.2) is 10.9 Å². The number of nitrogens with two attached hydrogens (primary N) is 1. The van der Waals surface area contributed by atoms with E-state index in [1.807, 2.05) is 36.4 Å². The molecule has 21 heavy (non-hydrogen) atoms. The highest BCUT2D eigenvalue weighted by atomic mass is 19.1. The van der Waals surface area contributed by atoms with E-state index in [1.165, 1.54) is 0 Å². The van der Waals surface area contributed by atoms with Gasteiger partial charge in [0.1, 0.15) is 11.6 Å². The monoisotopic (exact) mass is 281 g/mol. The number of carbonyl (C=O) groups is 1. The molecule has 1 aromatic heterocycles. The average Bonchev–Trinajstić information content (AvgIpc) is 2.49. The number of benzene rings is 2. The molecule has 0 aliphatic rings. The molecule has 3 aromatic rings. The van der Waals surface area contributed by atoms with Crippen LogP contribution in [-0.2, 0) is 0 Å². The molecule has 0 saturated carbocycles. The number of nitrogen functional groups attached to an aromatic ring is 1. The summed E-state index contributed by atoms with van der Waals surface area (Å²) >= 11 is 0. The summed E-state index contributed by atoms with van der Waals surface area (Å²) < 4.78 is 13.2. The fourth-order valence-electron chi connectivity index (χ4n) is 2.10. The average molecular weight is 281 g/mol. The van der Waals surface area contributed by atoms with Crippen LogP contribution in [0.5, 0.6) is 0 Å². The summed E-state index contributed by atoms with van der Waals surface area (Å²) in [5.41, 5.74) is 6.23. The number of carbonyl (C=O) groups excluding carboxylic acids is 1. The number of hydrogen-bond donors (Lipinski definition) is 2. The van der Waals surface area contributed by atoms with E-state index in [4.69, 9.17) is 5.73 Å². The molecule has 5 heteroatoms. The topological polar surface area (TPSA) is 68.0 Å². The van der Waals surface area contributed by atoms with Crippen LogP contribution in [0.25, 0.3) is 10.8 Å². The maximum atomic E-state index is 13.2. The first kappa shape index (κ1) is 13.1. The van der Waals surface area contributed by atoms with Crippen LogP contribution in [0, 0.1) is 5.82 Å². The number of nitrogens with one attached hydrogen (secondary N) is 1. The van der Waals surface area contributed by atoms with Gasteiger partial charge in [0.2, 0.25) is 0 Å². The minimum atomic E-state index is -0.604. The van der Waals surface area contributed by atoms with Crippen molar-refractivity contribution in [3.05, 3.63) is 66.1 Å². The Bertz CT molecular complexity index is 833. The Kier molecular flexibility index (Phi) is 3.23. The highest BCUT2D eigenvalue weighted by molar-refractivity contribution is 6.07. The van der Waals surface area contributed by atoms with E-state index in [9.17, 15) is 9.18 Å². The molecular formula is C16H12FN3O. The van der Waals surface area contributed by atoms with Gasteiger partial charge in [0.25, 0.3) is 5.91 Å². The van der Waals surface area contributed by atoms with Gasteiger partial charge in [-0.05, 0) is 29.0 Å². The molecule has 0 radical (unpaired) electrons. The summed E-state index contributed by atoms with van der Waals surface area (Å²) in [7, 11) is 0. The van der Waals surface area contributed by atoms with Crippen molar-refractivity contribution < 1.29 is 9.18 Å². The SMILES string of the molecule is Nc1ncc(F)cc1C(=O)Nc1ccc2ccccc2c1. The van der Waals surface area contributed by atoms with Crippen molar-refractivity contribution in [3.63, 3.8) is 0 Å². The molecular weight excluding hydrogens is 269 g/mol. The molecule has 4 nitrogen and oxygen atoms in total. The Morgan fingerprint density at radius 1 is 1.10 bits per heavy atom. The lowest BCUT2D eigenvalue weighted by molar-refractivity contribution is 0.102. The van der Waals surface area contributed by atoms with Crippen LogP contribution in [0.15, 0.2) is 54.7 Å². The van der Waals surface area contributed by atoms with Gasteiger partial charge in [0, 0.05) is 5.69 Å². The summed E-state index contributed by atoms with van der Waals surface area (Å²) in [5, 5.41) is 4.77. The molecule has 0 atom stereocenters. The van der Waals surface area contributed by atoms with Crippen molar-refractivity contribution in [1.82, 2.24) is 4.98 Å². The van der Waals surface area contributed by atoms with Crippen LogP contribution in [0.4, 0.5) is 15.9 Å². The molecule has 104 valence electrons. The molecule has 1 amide bonds. The number of fused-ring (bicyclic) bond motifs is 1. The highest BCUT2D eigenvalue weighted by Gasteiger charge is 2.12. The first-order valence-electron chi connectivity index (χ1n) is 6.34. The fraction of sp³-hybridized carbons (Fsp3) is 0.